The Bertz CT molecular complexity index is 1230. The number of para-hydroxylation sites is 1. The van der Waals surface area contributed by atoms with Gasteiger partial charge in [0, 0.05) is 17.3 Å². The average molecular weight is 414 g/mol. The molecular formula is C24H19FN4O2. The molecule has 7 heteroatoms. The van der Waals surface area contributed by atoms with Crippen molar-refractivity contribution < 1.29 is 14.0 Å². The van der Waals surface area contributed by atoms with E-state index < -0.39 is 11.8 Å². The van der Waals surface area contributed by atoms with E-state index in [0.717, 1.165) is 11.3 Å². The molecule has 1 aromatic heterocycles. The van der Waals surface area contributed by atoms with Crippen LogP contribution in [0.25, 0.3) is 16.9 Å². The lowest BCUT2D eigenvalue weighted by atomic mass is 10.1. The zero-order valence-corrected chi connectivity index (χ0v) is 16.7. The summed E-state index contributed by atoms with van der Waals surface area (Å²) >= 11 is 0. The number of amides is 2. The number of nitrogens with one attached hydrogen (secondary N) is 2. The zero-order valence-electron chi connectivity index (χ0n) is 16.7. The molecule has 0 aliphatic carbocycles. The number of hydrogen-bond acceptors (Lipinski definition) is 3. The topological polar surface area (TPSA) is 76.0 Å². The van der Waals surface area contributed by atoms with Crippen LogP contribution in [-0.4, -0.2) is 21.6 Å². The molecule has 6 nitrogen and oxygen atoms in total. The van der Waals surface area contributed by atoms with Crippen molar-refractivity contribution in [3.8, 4) is 16.9 Å². The van der Waals surface area contributed by atoms with Crippen molar-refractivity contribution in [2.75, 3.05) is 0 Å². The van der Waals surface area contributed by atoms with Gasteiger partial charge in [-0.05, 0) is 55.0 Å². The number of nitrogens with zero attached hydrogens (tertiary/aromatic N) is 2. The van der Waals surface area contributed by atoms with Gasteiger partial charge in [-0.25, -0.2) is 9.07 Å². The second-order valence-corrected chi connectivity index (χ2v) is 6.90. The van der Waals surface area contributed by atoms with E-state index in [9.17, 15) is 14.0 Å². The quantitative estimate of drug-likeness (QED) is 0.495. The highest BCUT2D eigenvalue weighted by atomic mass is 19.1. The van der Waals surface area contributed by atoms with E-state index in [1.165, 1.54) is 12.1 Å². The Balaban J connectivity index is 1.63. The van der Waals surface area contributed by atoms with Crippen molar-refractivity contribution in [3.05, 3.63) is 108 Å². The van der Waals surface area contributed by atoms with Crippen molar-refractivity contribution >= 4 is 11.8 Å². The predicted molar refractivity (Wildman–Crippen MR) is 115 cm³/mol. The summed E-state index contributed by atoms with van der Waals surface area (Å²) in [6.07, 6.45) is 1.57. The number of rotatable bonds is 4. The van der Waals surface area contributed by atoms with Gasteiger partial charge in [0.25, 0.3) is 11.8 Å². The van der Waals surface area contributed by atoms with Crippen molar-refractivity contribution in [1.29, 1.82) is 0 Å². The maximum Gasteiger partial charge on any atom is 0.273 e. The van der Waals surface area contributed by atoms with Crippen LogP contribution in [0.3, 0.4) is 0 Å². The maximum absolute atomic E-state index is 13.4. The molecule has 3 aromatic carbocycles. The molecule has 0 fully saturated rings. The van der Waals surface area contributed by atoms with Crippen LogP contribution >= 0.6 is 0 Å². The lowest BCUT2D eigenvalue weighted by Crippen LogP contribution is -2.41. The second-order valence-electron chi connectivity index (χ2n) is 6.90. The predicted octanol–water partition coefficient (Wildman–Crippen LogP) is 4.06. The van der Waals surface area contributed by atoms with Gasteiger partial charge in [0.1, 0.15) is 11.5 Å². The largest absolute Gasteiger partial charge is 0.273 e. The number of aromatic nitrogens is 2. The molecule has 2 N–H and O–H groups in total. The smallest absolute Gasteiger partial charge is 0.267 e. The van der Waals surface area contributed by atoms with Crippen LogP contribution < -0.4 is 10.9 Å². The van der Waals surface area contributed by atoms with Gasteiger partial charge in [-0.1, -0.05) is 36.4 Å². The molecule has 2 amide bonds. The number of hydrogen-bond donors (Lipinski definition) is 2. The van der Waals surface area contributed by atoms with Gasteiger partial charge in [-0.3, -0.25) is 20.4 Å². The zero-order chi connectivity index (χ0) is 21.8. The first kappa shape index (κ1) is 20.0. The Kier molecular flexibility index (Phi) is 5.57. The molecule has 0 saturated carbocycles. The van der Waals surface area contributed by atoms with E-state index in [2.05, 4.69) is 16.0 Å². The molecule has 4 aromatic rings. The molecule has 0 aliphatic rings. The third-order valence-electron chi connectivity index (χ3n) is 4.78. The molecule has 0 atom stereocenters. The minimum atomic E-state index is -0.538. The summed E-state index contributed by atoms with van der Waals surface area (Å²) in [6, 6.07) is 22.1. The second kappa shape index (κ2) is 8.62. The van der Waals surface area contributed by atoms with Crippen LogP contribution in [0.5, 0.6) is 0 Å². The fraction of sp³-hybridized carbons (Fsp3) is 0.0417. The van der Waals surface area contributed by atoms with Gasteiger partial charge in [-0.15, -0.1) is 0 Å². The monoisotopic (exact) mass is 414 g/mol. The Morgan fingerprint density at radius 3 is 2.10 bits per heavy atom. The average Bonchev–Trinajstić information content (AvgIpc) is 3.24. The van der Waals surface area contributed by atoms with E-state index in [0.29, 0.717) is 16.8 Å². The first-order valence-corrected chi connectivity index (χ1v) is 9.60. The van der Waals surface area contributed by atoms with Crippen LogP contribution in [-0.2, 0) is 0 Å². The Morgan fingerprint density at radius 2 is 1.42 bits per heavy atom. The fourth-order valence-electron chi connectivity index (χ4n) is 3.15. The molecule has 154 valence electrons. The summed E-state index contributed by atoms with van der Waals surface area (Å²) in [6.45, 7) is 1.81. The minimum Gasteiger partial charge on any atom is -0.267 e. The molecule has 0 unspecified atom stereocenters. The number of benzene rings is 3. The van der Waals surface area contributed by atoms with Gasteiger partial charge in [0.05, 0.1) is 11.3 Å². The normalized spacial score (nSPS) is 10.5. The third-order valence-corrected chi connectivity index (χ3v) is 4.78. The number of aryl methyl sites for hydroxylation is 1. The van der Waals surface area contributed by atoms with Crippen LogP contribution in [0.15, 0.2) is 85.1 Å². The fourth-order valence-corrected chi connectivity index (χ4v) is 3.15. The first-order valence-electron chi connectivity index (χ1n) is 9.60. The molecule has 0 bridgehead atoms. The van der Waals surface area contributed by atoms with E-state index in [4.69, 9.17) is 0 Å². The number of halogens is 1. The minimum absolute atomic E-state index is 0.237. The summed E-state index contributed by atoms with van der Waals surface area (Å²) in [5.41, 5.74) is 8.07. The summed E-state index contributed by atoms with van der Waals surface area (Å²) in [5, 5.41) is 4.52. The number of carbonyl (C=O) groups excluding carboxylic acids is 2. The number of hydrazine groups is 1. The summed E-state index contributed by atoms with van der Waals surface area (Å²) in [4.78, 5) is 25.3. The van der Waals surface area contributed by atoms with Crippen LogP contribution in [0.4, 0.5) is 4.39 Å². The maximum atomic E-state index is 13.4. The molecule has 0 saturated heterocycles. The molecule has 1 heterocycles. The Labute approximate surface area is 178 Å². The third kappa shape index (κ3) is 4.35. The lowest BCUT2D eigenvalue weighted by Gasteiger charge is -2.09. The van der Waals surface area contributed by atoms with Crippen LogP contribution in [0.2, 0.25) is 0 Å². The van der Waals surface area contributed by atoms with E-state index in [1.807, 2.05) is 49.4 Å². The first-order chi connectivity index (χ1) is 15.0. The molecule has 0 spiro atoms. The van der Waals surface area contributed by atoms with Crippen LogP contribution in [0, 0.1) is 12.7 Å². The molecule has 4 rings (SSSR count). The summed E-state index contributed by atoms with van der Waals surface area (Å²) < 4.78 is 14.9. The van der Waals surface area contributed by atoms with Gasteiger partial charge in [0.2, 0.25) is 0 Å². The highest BCUT2D eigenvalue weighted by Gasteiger charge is 2.20. The van der Waals surface area contributed by atoms with Gasteiger partial charge >= 0.3 is 0 Å². The van der Waals surface area contributed by atoms with Crippen molar-refractivity contribution in [1.82, 2.24) is 20.6 Å². The van der Waals surface area contributed by atoms with Crippen molar-refractivity contribution in [3.63, 3.8) is 0 Å². The molecule has 0 radical (unpaired) electrons. The van der Waals surface area contributed by atoms with Gasteiger partial charge in [0.15, 0.2) is 0 Å². The molecule has 0 aliphatic heterocycles. The van der Waals surface area contributed by atoms with Crippen molar-refractivity contribution in [2.45, 2.75) is 6.92 Å². The Morgan fingerprint density at radius 1 is 0.806 bits per heavy atom. The van der Waals surface area contributed by atoms with Crippen LogP contribution in [0.1, 0.15) is 26.3 Å². The van der Waals surface area contributed by atoms with Gasteiger partial charge < -0.3 is 0 Å². The highest BCUT2D eigenvalue weighted by Crippen LogP contribution is 2.24. The summed E-state index contributed by atoms with van der Waals surface area (Å²) in [5.74, 6) is -1.35. The SMILES string of the molecule is Cc1ccccc1C(=O)NNC(=O)c1cn(-c2ccccc2)nc1-c1ccc(F)cc1. The van der Waals surface area contributed by atoms with Crippen molar-refractivity contribution in [2.24, 2.45) is 0 Å². The standard InChI is InChI=1S/C24H19FN4O2/c1-16-7-5-6-10-20(16)23(30)26-27-24(31)21-15-29(19-8-3-2-4-9-19)28-22(21)17-11-13-18(25)14-12-17/h2-15H,1H3,(H,26,30)(H,27,31). The lowest BCUT2D eigenvalue weighted by molar-refractivity contribution is 0.0846. The summed E-state index contributed by atoms with van der Waals surface area (Å²) in [7, 11) is 0. The number of carbonyl (C=O) groups is 2. The highest BCUT2D eigenvalue weighted by molar-refractivity contribution is 6.02. The molecular weight excluding hydrogens is 395 g/mol. The van der Waals surface area contributed by atoms with E-state index >= 15 is 0 Å². The molecule has 31 heavy (non-hydrogen) atoms. The van der Waals surface area contributed by atoms with E-state index in [-0.39, 0.29) is 11.4 Å². The van der Waals surface area contributed by atoms with E-state index in [1.54, 1.807) is 35.1 Å². The van der Waals surface area contributed by atoms with Gasteiger partial charge in [-0.2, -0.15) is 5.10 Å². The Hall–Kier alpha value is -4.26.